The summed E-state index contributed by atoms with van der Waals surface area (Å²) in [4.78, 5) is 23.0. The van der Waals surface area contributed by atoms with Crippen LogP contribution in [-0.4, -0.2) is 20.9 Å². The topological polar surface area (TPSA) is 108 Å². The third kappa shape index (κ3) is 2.43. The Hall–Kier alpha value is -3.46. The van der Waals surface area contributed by atoms with Gasteiger partial charge >= 0.3 is 0 Å². The van der Waals surface area contributed by atoms with Gasteiger partial charge in [-0.1, -0.05) is 30.3 Å². The van der Waals surface area contributed by atoms with E-state index in [0.29, 0.717) is 22.4 Å². The van der Waals surface area contributed by atoms with Crippen LogP contribution in [0.3, 0.4) is 0 Å². The van der Waals surface area contributed by atoms with E-state index in [1.807, 2.05) is 30.3 Å². The van der Waals surface area contributed by atoms with Crippen molar-refractivity contribution in [2.45, 2.75) is 0 Å². The van der Waals surface area contributed by atoms with E-state index in [4.69, 9.17) is 11.0 Å². The second-order valence-corrected chi connectivity index (χ2v) is 4.60. The molecular formula is C16H11N5O. The predicted molar refractivity (Wildman–Crippen MR) is 82.1 cm³/mol. The number of nitrogens with zero attached hydrogens (tertiary/aromatic N) is 3. The first kappa shape index (κ1) is 13.5. The lowest BCUT2D eigenvalue weighted by atomic mass is 10.1. The van der Waals surface area contributed by atoms with Gasteiger partial charge in [0.25, 0.3) is 5.91 Å². The molecule has 6 nitrogen and oxygen atoms in total. The number of carbonyl (C=O) groups excluding carboxylic acids is 1. The number of aromatic nitrogens is 3. The number of carbonyl (C=O) groups is 1. The fourth-order valence-corrected chi connectivity index (χ4v) is 2.08. The minimum absolute atomic E-state index is 0.132. The molecule has 0 atom stereocenters. The van der Waals surface area contributed by atoms with E-state index >= 15 is 0 Å². The van der Waals surface area contributed by atoms with Crippen molar-refractivity contribution in [2.75, 3.05) is 0 Å². The number of nitrogens with two attached hydrogens (primary N) is 1. The van der Waals surface area contributed by atoms with Gasteiger partial charge in [-0.25, -0.2) is 9.97 Å². The number of amides is 1. The predicted octanol–water partition coefficient (Wildman–Crippen LogP) is 2.02. The number of fused-ring (bicyclic) bond motifs is 1. The summed E-state index contributed by atoms with van der Waals surface area (Å²) in [5, 5.41) is 8.93. The molecule has 3 rings (SSSR count). The lowest BCUT2D eigenvalue weighted by molar-refractivity contribution is -0.114. The number of H-pyrrole nitrogens is 1. The van der Waals surface area contributed by atoms with Crippen molar-refractivity contribution in [3.05, 3.63) is 53.9 Å². The van der Waals surface area contributed by atoms with Crippen LogP contribution in [0.2, 0.25) is 0 Å². The van der Waals surface area contributed by atoms with Crippen LogP contribution >= 0.6 is 0 Å². The zero-order valence-corrected chi connectivity index (χ0v) is 11.4. The van der Waals surface area contributed by atoms with Crippen LogP contribution in [0, 0.1) is 11.3 Å². The molecule has 1 amide bonds. The number of hydrogen-bond donors (Lipinski definition) is 2. The third-order valence-electron chi connectivity index (χ3n) is 3.17. The number of nitrogens with one attached hydrogen (secondary N) is 1. The zero-order valence-electron chi connectivity index (χ0n) is 11.4. The minimum Gasteiger partial charge on any atom is -0.365 e. The SMILES string of the molecule is N#CC(=Cc1c[nH]c2ncc(-c3ccccc3)nc12)C(N)=O. The molecule has 0 saturated carbocycles. The molecule has 0 spiro atoms. The summed E-state index contributed by atoms with van der Waals surface area (Å²) in [6.45, 7) is 0. The number of aromatic amines is 1. The number of hydrogen-bond acceptors (Lipinski definition) is 4. The number of rotatable bonds is 3. The van der Waals surface area contributed by atoms with Crippen molar-refractivity contribution in [3.63, 3.8) is 0 Å². The monoisotopic (exact) mass is 289 g/mol. The van der Waals surface area contributed by atoms with E-state index in [1.54, 1.807) is 18.5 Å². The molecule has 0 unspecified atom stereocenters. The largest absolute Gasteiger partial charge is 0.365 e. The van der Waals surface area contributed by atoms with Gasteiger partial charge in [0.1, 0.15) is 17.2 Å². The number of nitriles is 1. The molecule has 0 aliphatic rings. The van der Waals surface area contributed by atoms with Gasteiger partial charge in [-0.05, 0) is 6.08 Å². The van der Waals surface area contributed by atoms with E-state index in [0.717, 1.165) is 5.56 Å². The molecule has 22 heavy (non-hydrogen) atoms. The molecule has 0 aliphatic carbocycles. The summed E-state index contributed by atoms with van der Waals surface area (Å²) < 4.78 is 0. The van der Waals surface area contributed by atoms with Gasteiger partial charge in [-0.3, -0.25) is 4.79 Å². The Bertz CT molecular complexity index is 919. The maximum atomic E-state index is 11.2. The van der Waals surface area contributed by atoms with Crippen molar-refractivity contribution in [2.24, 2.45) is 5.73 Å². The quantitative estimate of drug-likeness (QED) is 0.567. The van der Waals surface area contributed by atoms with E-state index in [1.165, 1.54) is 6.08 Å². The first-order valence-corrected chi connectivity index (χ1v) is 6.50. The zero-order chi connectivity index (χ0) is 15.5. The average Bonchev–Trinajstić information content (AvgIpc) is 2.95. The van der Waals surface area contributed by atoms with Crippen molar-refractivity contribution >= 4 is 23.1 Å². The highest BCUT2D eigenvalue weighted by atomic mass is 16.1. The fourth-order valence-electron chi connectivity index (χ4n) is 2.08. The molecule has 3 N–H and O–H groups in total. The number of benzene rings is 1. The van der Waals surface area contributed by atoms with E-state index in [9.17, 15) is 4.79 Å². The highest BCUT2D eigenvalue weighted by Crippen LogP contribution is 2.22. The van der Waals surface area contributed by atoms with E-state index < -0.39 is 5.91 Å². The summed E-state index contributed by atoms with van der Waals surface area (Å²) in [5.74, 6) is -0.774. The molecule has 0 fully saturated rings. The van der Waals surface area contributed by atoms with Gasteiger partial charge in [0, 0.05) is 17.3 Å². The Kier molecular flexibility index (Phi) is 3.38. The van der Waals surface area contributed by atoms with Gasteiger partial charge < -0.3 is 10.7 Å². The molecule has 0 bridgehead atoms. The highest BCUT2D eigenvalue weighted by Gasteiger charge is 2.10. The van der Waals surface area contributed by atoms with Gasteiger partial charge in [0.2, 0.25) is 0 Å². The molecule has 2 aromatic heterocycles. The molecule has 2 heterocycles. The van der Waals surface area contributed by atoms with Crippen molar-refractivity contribution in [3.8, 4) is 17.3 Å². The Labute approximate surface area is 125 Å². The van der Waals surface area contributed by atoms with Crippen LogP contribution in [-0.2, 0) is 4.79 Å². The molecule has 0 radical (unpaired) electrons. The van der Waals surface area contributed by atoms with E-state index in [2.05, 4.69) is 15.0 Å². The Balaban J connectivity index is 2.14. The first-order valence-electron chi connectivity index (χ1n) is 6.50. The van der Waals surface area contributed by atoms with Crippen molar-refractivity contribution in [1.29, 1.82) is 5.26 Å². The summed E-state index contributed by atoms with van der Waals surface area (Å²) >= 11 is 0. The summed E-state index contributed by atoms with van der Waals surface area (Å²) in [7, 11) is 0. The fraction of sp³-hybridized carbons (Fsp3) is 0. The molecular weight excluding hydrogens is 278 g/mol. The second-order valence-electron chi connectivity index (χ2n) is 4.60. The third-order valence-corrected chi connectivity index (χ3v) is 3.17. The summed E-state index contributed by atoms with van der Waals surface area (Å²) in [5.41, 5.74) is 8.41. The maximum absolute atomic E-state index is 11.2. The first-order chi connectivity index (χ1) is 10.7. The summed E-state index contributed by atoms with van der Waals surface area (Å²) in [6, 6.07) is 11.4. The van der Waals surface area contributed by atoms with Crippen LogP contribution in [0.5, 0.6) is 0 Å². The minimum atomic E-state index is -0.774. The lowest BCUT2D eigenvalue weighted by Gasteiger charge is -2.00. The molecule has 0 saturated heterocycles. The van der Waals surface area contributed by atoms with Gasteiger partial charge in [-0.2, -0.15) is 5.26 Å². The Morgan fingerprint density at radius 3 is 2.77 bits per heavy atom. The maximum Gasteiger partial charge on any atom is 0.259 e. The Morgan fingerprint density at radius 1 is 1.32 bits per heavy atom. The standard InChI is InChI=1S/C16H11N5O/c17-7-11(15(18)22)6-12-8-19-16-14(12)21-13(9-20-16)10-4-2-1-3-5-10/h1-6,8-9H,(H2,18,22)(H,19,20). The van der Waals surface area contributed by atoms with Crippen LogP contribution in [0.1, 0.15) is 5.56 Å². The van der Waals surface area contributed by atoms with Crippen LogP contribution in [0.15, 0.2) is 48.3 Å². The lowest BCUT2D eigenvalue weighted by Crippen LogP contribution is -2.12. The Morgan fingerprint density at radius 2 is 2.09 bits per heavy atom. The van der Waals surface area contributed by atoms with Gasteiger partial charge in [-0.15, -0.1) is 0 Å². The molecule has 106 valence electrons. The van der Waals surface area contributed by atoms with Crippen LogP contribution < -0.4 is 5.73 Å². The highest BCUT2D eigenvalue weighted by molar-refractivity contribution is 6.02. The van der Waals surface area contributed by atoms with Gasteiger partial charge in [0.15, 0.2) is 5.65 Å². The molecule has 6 heteroatoms. The number of primary amides is 1. The van der Waals surface area contributed by atoms with Crippen LogP contribution in [0.4, 0.5) is 0 Å². The molecule has 3 aromatic rings. The van der Waals surface area contributed by atoms with Gasteiger partial charge in [0.05, 0.1) is 11.9 Å². The van der Waals surface area contributed by atoms with Crippen molar-refractivity contribution in [1.82, 2.24) is 15.0 Å². The normalized spacial score (nSPS) is 11.3. The van der Waals surface area contributed by atoms with Crippen molar-refractivity contribution < 1.29 is 4.79 Å². The summed E-state index contributed by atoms with van der Waals surface area (Å²) in [6.07, 6.45) is 4.71. The molecule has 0 aliphatic heterocycles. The van der Waals surface area contributed by atoms with Crippen LogP contribution in [0.25, 0.3) is 28.5 Å². The van der Waals surface area contributed by atoms with E-state index in [-0.39, 0.29) is 5.57 Å². The average molecular weight is 289 g/mol. The second kappa shape index (κ2) is 5.50. The smallest absolute Gasteiger partial charge is 0.259 e. The molecule has 1 aromatic carbocycles.